The fourth-order valence-electron chi connectivity index (χ4n) is 8.53. The standard InChI is InChI=1S/C39H27NSSi/c1-42(2)36-21-10-6-16-29(36)39(31-22-27-25-13-4-9-20-34(25)41-35(27)23-37(31)42)28-15-5-8-19-33(28)40-32-18-7-3-12-24(32)26-14-11-17-30(39)38(26)40/h3-23H,1-2H3. The molecule has 3 heteroatoms. The number of aromatic nitrogens is 1. The van der Waals surface area contributed by atoms with Crippen molar-refractivity contribution in [2.75, 3.05) is 0 Å². The van der Waals surface area contributed by atoms with Gasteiger partial charge in [-0.2, -0.15) is 0 Å². The van der Waals surface area contributed by atoms with Gasteiger partial charge in [-0.1, -0.05) is 110 Å². The molecule has 0 amide bonds. The van der Waals surface area contributed by atoms with Gasteiger partial charge in [-0.05, 0) is 63.0 Å². The van der Waals surface area contributed by atoms with Gasteiger partial charge in [0.1, 0.15) is 8.07 Å². The highest BCUT2D eigenvalue weighted by Crippen LogP contribution is 2.55. The molecule has 1 nitrogen and oxygen atoms in total. The minimum Gasteiger partial charge on any atom is -0.309 e. The van der Waals surface area contributed by atoms with E-state index >= 15 is 0 Å². The highest BCUT2D eigenvalue weighted by atomic mass is 32.1. The van der Waals surface area contributed by atoms with Crippen LogP contribution >= 0.6 is 11.3 Å². The topological polar surface area (TPSA) is 4.93 Å². The fourth-order valence-corrected chi connectivity index (χ4v) is 12.9. The van der Waals surface area contributed by atoms with Crippen LogP contribution in [0.4, 0.5) is 0 Å². The summed E-state index contributed by atoms with van der Waals surface area (Å²) in [6.07, 6.45) is 0. The molecule has 0 N–H and O–H groups in total. The van der Waals surface area contributed by atoms with Crippen LogP contribution in [0.5, 0.6) is 0 Å². The van der Waals surface area contributed by atoms with Gasteiger partial charge in [0.15, 0.2) is 0 Å². The summed E-state index contributed by atoms with van der Waals surface area (Å²) < 4.78 is 5.31. The van der Waals surface area contributed by atoms with E-state index in [2.05, 4.69) is 145 Å². The highest BCUT2D eigenvalue weighted by molar-refractivity contribution is 7.26. The van der Waals surface area contributed by atoms with Gasteiger partial charge in [0.25, 0.3) is 0 Å². The first-order valence-electron chi connectivity index (χ1n) is 14.8. The van der Waals surface area contributed by atoms with E-state index in [1.165, 1.54) is 69.9 Å². The molecule has 0 fully saturated rings. The van der Waals surface area contributed by atoms with Gasteiger partial charge in [-0.15, -0.1) is 11.3 Å². The first kappa shape index (κ1) is 23.2. The third kappa shape index (κ3) is 2.53. The van der Waals surface area contributed by atoms with Crippen molar-refractivity contribution in [3.05, 3.63) is 150 Å². The zero-order valence-electron chi connectivity index (χ0n) is 23.5. The van der Waals surface area contributed by atoms with E-state index in [0.717, 1.165) is 0 Å². The molecule has 1 unspecified atom stereocenters. The van der Waals surface area contributed by atoms with Crippen molar-refractivity contribution in [3.8, 4) is 5.69 Å². The Balaban J connectivity index is 1.50. The zero-order valence-corrected chi connectivity index (χ0v) is 25.3. The van der Waals surface area contributed by atoms with Crippen LogP contribution < -0.4 is 10.4 Å². The summed E-state index contributed by atoms with van der Waals surface area (Å²) >= 11 is 1.94. The van der Waals surface area contributed by atoms with Crippen LogP contribution in [0.25, 0.3) is 47.7 Å². The van der Waals surface area contributed by atoms with Crippen LogP contribution in [0, 0.1) is 0 Å². The number of rotatable bonds is 0. The number of para-hydroxylation sites is 3. The Kier molecular flexibility index (Phi) is 4.24. The second kappa shape index (κ2) is 7.68. The SMILES string of the molecule is C[Si]1(C)c2ccccc2C2(c3ccccc3-n3c4ccccc4c4cccc2c43)c2cc3c(cc21)sc1ccccc13. The first-order chi connectivity index (χ1) is 20.6. The van der Waals surface area contributed by atoms with Crippen molar-refractivity contribution in [3.63, 3.8) is 0 Å². The van der Waals surface area contributed by atoms with Crippen molar-refractivity contribution in [2.45, 2.75) is 18.5 Å². The highest BCUT2D eigenvalue weighted by Gasteiger charge is 2.53. The lowest BCUT2D eigenvalue weighted by atomic mass is 9.62. The number of thiophene rings is 1. The summed E-state index contributed by atoms with van der Waals surface area (Å²) in [6.45, 7) is 5.12. The predicted molar refractivity (Wildman–Crippen MR) is 182 cm³/mol. The second-order valence-electron chi connectivity index (χ2n) is 12.5. The molecule has 1 atom stereocenters. The fraction of sp³-hybridized carbons (Fsp3) is 0.0769. The molecule has 2 aliphatic rings. The van der Waals surface area contributed by atoms with Crippen LogP contribution in [0.15, 0.2) is 127 Å². The molecular weight excluding hydrogens is 543 g/mol. The molecule has 0 radical (unpaired) electrons. The Labute approximate surface area is 249 Å². The smallest absolute Gasteiger partial charge is 0.113 e. The maximum Gasteiger partial charge on any atom is 0.113 e. The molecule has 4 heterocycles. The second-order valence-corrected chi connectivity index (χ2v) is 17.9. The monoisotopic (exact) mass is 569 g/mol. The summed E-state index contributed by atoms with van der Waals surface area (Å²) in [5.74, 6) is 0. The van der Waals surface area contributed by atoms with E-state index in [1.807, 2.05) is 11.3 Å². The van der Waals surface area contributed by atoms with Crippen molar-refractivity contribution < 1.29 is 0 Å². The van der Waals surface area contributed by atoms with Crippen molar-refractivity contribution in [1.82, 2.24) is 4.57 Å². The minimum absolute atomic E-state index is 0.411. The number of fused-ring (bicyclic) bond motifs is 14. The van der Waals surface area contributed by atoms with Crippen molar-refractivity contribution in [2.24, 2.45) is 0 Å². The zero-order chi connectivity index (χ0) is 27.8. The molecule has 10 rings (SSSR count). The van der Waals surface area contributed by atoms with E-state index in [0.29, 0.717) is 0 Å². The molecule has 42 heavy (non-hydrogen) atoms. The van der Waals surface area contributed by atoms with Gasteiger partial charge in [-0.3, -0.25) is 0 Å². The Morgan fingerprint density at radius 3 is 2.12 bits per heavy atom. The predicted octanol–water partition coefficient (Wildman–Crippen LogP) is 8.98. The molecule has 6 aromatic carbocycles. The Morgan fingerprint density at radius 1 is 0.524 bits per heavy atom. The van der Waals surface area contributed by atoms with Crippen LogP contribution in [0.3, 0.4) is 0 Å². The van der Waals surface area contributed by atoms with Crippen molar-refractivity contribution >= 4 is 71.8 Å². The van der Waals surface area contributed by atoms with E-state index in [1.54, 1.807) is 10.4 Å². The molecule has 0 bridgehead atoms. The van der Waals surface area contributed by atoms with Crippen LogP contribution in [0.1, 0.15) is 22.3 Å². The van der Waals surface area contributed by atoms with Gasteiger partial charge in [0.2, 0.25) is 0 Å². The van der Waals surface area contributed by atoms with Gasteiger partial charge in [0, 0.05) is 30.9 Å². The van der Waals surface area contributed by atoms with Crippen LogP contribution in [0.2, 0.25) is 13.1 Å². The number of hydrogen-bond donors (Lipinski definition) is 0. The minimum atomic E-state index is -2.04. The number of hydrogen-bond acceptors (Lipinski definition) is 1. The molecule has 0 saturated carbocycles. The molecular formula is C39H27NSSi. The van der Waals surface area contributed by atoms with E-state index in [9.17, 15) is 0 Å². The first-order valence-corrected chi connectivity index (χ1v) is 18.6. The molecule has 2 aromatic heterocycles. The summed E-state index contributed by atoms with van der Waals surface area (Å²) in [6, 6.07) is 48.7. The van der Waals surface area contributed by atoms with Crippen LogP contribution in [-0.4, -0.2) is 12.6 Å². The summed E-state index contributed by atoms with van der Waals surface area (Å²) in [5.41, 5.74) is 9.21. The van der Waals surface area contributed by atoms with E-state index in [4.69, 9.17) is 0 Å². The molecule has 1 spiro atoms. The lowest BCUT2D eigenvalue weighted by Crippen LogP contribution is -2.63. The third-order valence-corrected chi connectivity index (χ3v) is 14.9. The maximum absolute atomic E-state index is 2.60. The van der Waals surface area contributed by atoms with Crippen molar-refractivity contribution in [1.29, 1.82) is 0 Å². The summed E-state index contributed by atoms with van der Waals surface area (Å²) in [7, 11) is -2.04. The molecule has 8 aromatic rings. The summed E-state index contributed by atoms with van der Waals surface area (Å²) in [5, 5.41) is 8.52. The Hall–Kier alpha value is -4.44. The third-order valence-electron chi connectivity index (χ3n) is 10.2. The average Bonchev–Trinajstić information content (AvgIpc) is 3.57. The Bertz CT molecular complexity index is 2460. The molecule has 0 aliphatic carbocycles. The molecule has 2 aliphatic heterocycles. The lowest BCUT2D eigenvalue weighted by Gasteiger charge is -2.49. The van der Waals surface area contributed by atoms with Gasteiger partial charge >= 0.3 is 0 Å². The Morgan fingerprint density at radius 2 is 1.21 bits per heavy atom. The molecule has 198 valence electrons. The maximum atomic E-state index is 2.60. The van der Waals surface area contributed by atoms with Gasteiger partial charge < -0.3 is 4.57 Å². The van der Waals surface area contributed by atoms with E-state index in [-0.39, 0.29) is 0 Å². The lowest BCUT2D eigenvalue weighted by molar-refractivity contribution is 0.733. The van der Waals surface area contributed by atoms with Gasteiger partial charge in [0.05, 0.1) is 22.1 Å². The number of nitrogens with zero attached hydrogens (tertiary/aromatic N) is 1. The van der Waals surface area contributed by atoms with Gasteiger partial charge in [-0.25, -0.2) is 0 Å². The van der Waals surface area contributed by atoms with Crippen LogP contribution in [-0.2, 0) is 5.41 Å². The average molecular weight is 570 g/mol. The molecule has 0 saturated heterocycles. The summed E-state index contributed by atoms with van der Waals surface area (Å²) in [4.78, 5) is 0. The normalized spacial score (nSPS) is 18.0. The largest absolute Gasteiger partial charge is 0.309 e. The number of benzene rings is 6. The quantitative estimate of drug-likeness (QED) is 0.161. The van der Waals surface area contributed by atoms with E-state index < -0.39 is 13.5 Å².